The van der Waals surface area contributed by atoms with Crippen LogP contribution >= 0.6 is 0 Å². The number of ether oxygens (including phenoxy) is 2. The third-order valence-corrected chi connectivity index (χ3v) is 3.79. The lowest BCUT2D eigenvalue weighted by molar-refractivity contribution is -0.387. The smallest absolute Gasteiger partial charge is 0.305 e. The van der Waals surface area contributed by atoms with Gasteiger partial charge in [-0.3, -0.25) is 10.1 Å². The Balaban J connectivity index is 1.99. The van der Waals surface area contributed by atoms with Crippen molar-refractivity contribution < 1.29 is 23.2 Å². The summed E-state index contributed by atoms with van der Waals surface area (Å²) in [6.07, 6.45) is 0. The van der Waals surface area contributed by atoms with Gasteiger partial charge in [-0.1, -0.05) is 0 Å². The van der Waals surface area contributed by atoms with Crippen LogP contribution in [0.2, 0.25) is 0 Å². The fourth-order valence-corrected chi connectivity index (χ4v) is 2.66. The van der Waals surface area contributed by atoms with E-state index in [2.05, 4.69) is 0 Å². The van der Waals surface area contributed by atoms with E-state index >= 15 is 0 Å². The maximum Gasteiger partial charge on any atom is 0.305 e. The Labute approximate surface area is 136 Å². The first-order valence-corrected chi connectivity index (χ1v) is 7.17. The minimum Gasteiger partial charge on any atom is -0.496 e. The molecule has 2 aromatic rings. The fourth-order valence-electron chi connectivity index (χ4n) is 2.66. The second-order valence-corrected chi connectivity index (χ2v) is 5.25. The van der Waals surface area contributed by atoms with Gasteiger partial charge in [-0.05, 0) is 12.1 Å². The molecule has 126 valence electrons. The molecule has 3 rings (SSSR count). The number of hydrogen-bond donors (Lipinski definition) is 0. The predicted molar refractivity (Wildman–Crippen MR) is 82.6 cm³/mol. The van der Waals surface area contributed by atoms with Gasteiger partial charge in [0.25, 0.3) is 0 Å². The van der Waals surface area contributed by atoms with E-state index in [1.165, 1.54) is 25.3 Å². The van der Waals surface area contributed by atoms with Crippen molar-refractivity contribution in [2.24, 2.45) is 0 Å². The first-order valence-electron chi connectivity index (χ1n) is 7.17. The van der Waals surface area contributed by atoms with E-state index < -0.39 is 22.2 Å². The summed E-state index contributed by atoms with van der Waals surface area (Å²) in [7, 11) is 1.36. The van der Waals surface area contributed by atoms with Crippen molar-refractivity contribution in [2.45, 2.75) is 6.54 Å². The summed E-state index contributed by atoms with van der Waals surface area (Å²) in [5.41, 5.74) is 0.344. The van der Waals surface area contributed by atoms with Crippen molar-refractivity contribution in [1.29, 1.82) is 0 Å². The van der Waals surface area contributed by atoms with E-state index in [0.29, 0.717) is 30.2 Å². The van der Waals surface area contributed by atoms with Crippen LogP contribution < -0.4 is 14.4 Å². The summed E-state index contributed by atoms with van der Waals surface area (Å²) in [6.45, 7) is 1.05. The highest BCUT2D eigenvalue weighted by Crippen LogP contribution is 2.35. The molecule has 1 aliphatic rings. The van der Waals surface area contributed by atoms with Crippen LogP contribution in [0.15, 0.2) is 30.3 Å². The summed E-state index contributed by atoms with van der Waals surface area (Å²) < 4.78 is 37.9. The van der Waals surface area contributed by atoms with Crippen LogP contribution in [0.5, 0.6) is 11.5 Å². The van der Waals surface area contributed by atoms with Crippen LogP contribution in [0.25, 0.3) is 0 Å². The predicted octanol–water partition coefficient (Wildman–Crippen LogP) is 3.28. The molecule has 0 spiro atoms. The van der Waals surface area contributed by atoms with E-state index in [9.17, 15) is 18.9 Å². The lowest BCUT2D eigenvalue weighted by atomic mass is 10.1. The van der Waals surface area contributed by atoms with Gasteiger partial charge in [0.15, 0.2) is 0 Å². The molecule has 0 saturated carbocycles. The van der Waals surface area contributed by atoms with Crippen molar-refractivity contribution in [2.75, 3.05) is 25.2 Å². The first-order chi connectivity index (χ1) is 11.5. The van der Waals surface area contributed by atoms with E-state index in [4.69, 9.17) is 9.47 Å². The molecule has 0 N–H and O–H groups in total. The van der Waals surface area contributed by atoms with E-state index in [-0.39, 0.29) is 12.3 Å². The summed E-state index contributed by atoms with van der Waals surface area (Å²) in [6, 6.07) is 6.29. The SMILES string of the molecule is COc1cc(F)c([N+](=O)[O-])cc1CN1CCOc2ccc(F)cc21. The number of nitro groups is 1. The standard InChI is InChI=1S/C16H14F2N2O4/c1-23-16-8-12(18)13(20(21)22)6-10(16)9-19-4-5-24-15-3-2-11(17)7-14(15)19/h2-3,6-8H,4-5,9H2,1H3. The molecule has 0 amide bonds. The van der Waals surface area contributed by atoms with Gasteiger partial charge in [0.05, 0.1) is 24.3 Å². The van der Waals surface area contributed by atoms with E-state index in [1.807, 2.05) is 0 Å². The summed E-state index contributed by atoms with van der Waals surface area (Å²) in [5.74, 6) is -0.656. The van der Waals surface area contributed by atoms with Crippen LogP contribution in [0.1, 0.15) is 5.56 Å². The Hall–Kier alpha value is -2.90. The van der Waals surface area contributed by atoms with E-state index in [0.717, 1.165) is 12.1 Å². The highest BCUT2D eigenvalue weighted by Gasteiger charge is 2.23. The van der Waals surface area contributed by atoms with Gasteiger partial charge in [-0.2, -0.15) is 4.39 Å². The summed E-state index contributed by atoms with van der Waals surface area (Å²) in [5, 5.41) is 11.0. The lowest BCUT2D eigenvalue weighted by Gasteiger charge is -2.31. The molecule has 0 saturated heterocycles. The van der Waals surface area contributed by atoms with Crippen LogP contribution in [0.4, 0.5) is 20.2 Å². The molecule has 0 atom stereocenters. The second kappa shape index (κ2) is 6.31. The molecule has 6 nitrogen and oxygen atoms in total. The number of benzene rings is 2. The Morgan fingerprint density at radius 3 is 2.83 bits per heavy atom. The average molecular weight is 336 g/mol. The third kappa shape index (κ3) is 2.94. The maximum absolute atomic E-state index is 13.7. The molecule has 1 heterocycles. The van der Waals surface area contributed by atoms with Crippen LogP contribution in [0.3, 0.4) is 0 Å². The van der Waals surface area contributed by atoms with Gasteiger partial charge in [0.1, 0.15) is 23.9 Å². The van der Waals surface area contributed by atoms with Gasteiger partial charge < -0.3 is 14.4 Å². The Kier molecular flexibility index (Phi) is 4.20. The quantitative estimate of drug-likeness (QED) is 0.633. The average Bonchev–Trinajstić information content (AvgIpc) is 2.56. The number of nitrogens with zero attached hydrogens (tertiary/aromatic N) is 2. The van der Waals surface area contributed by atoms with Crippen molar-refractivity contribution in [3.8, 4) is 11.5 Å². The first kappa shape index (κ1) is 16.0. The number of rotatable bonds is 4. The van der Waals surface area contributed by atoms with Gasteiger partial charge in [-0.15, -0.1) is 0 Å². The van der Waals surface area contributed by atoms with E-state index in [1.54, 1.807) is 4.90 Å². The largest absolute Gasteiger partial charge is 0.496 e. The van der Waals surface area contributed by atoms with Crippen molar-refractivity contribution in [3.05, 3.63) is 57.6 Å². The van der Waals surface area contributed by atoms with Gasteiger partial charge >= 0.3 is 5.69 Å². The zero-order chi connectivity index (χ0) is 17.3. The zero-order valence-electron chi connectivity index (χ0n) is 12.8. The summed E-state index contributed by atoms with van der Waals surface area (Å²) in [4.78, 5) is 12.0. The molecule has 1 aliphatic heterocycles. The number of methoxy groups -OCH3 is 1. The molecule has 8 heteroatoms. The fraction of sp³-hybridized carbons (Fsp3) is 0.250. The second-order valence-electron chi connectivity index (χ2n) is 5.25. The number of anilines is 1. The summed E-state index contributed by atoms with van der Waals surface area (Å²) >= 11 is 0. The van der Waals surface area contributed by atoms with Crippen molar-refractivity contribution in [3.63, 3.8) is 0 Å². The van der Waals surface area contributed by atoms with Gasteiger partial charge in [0, 0.05) is 30.3 Å². The van der Waals surface area contributed by atoms with Crippen LogP contribution in [-0.4, -0.2) is 25.2 Å². The molecule has 0 bridgehead atoms. The van der Waals surface area contributed by atoms with Crippen LogP contribution in [-0.2, 0) is 6.54 Å². The number of nitro benzene ring substituents is 1. The highest BCUT2D eigenvalue weighted by molar-refractivity contribution is 5.61. The third-order valence-electron chi connectivity index (χ3n) is 3.79. The van der Waals surface area contributed by atoms with Crippen molar-refractivity contribution in [1.82, 2.24) is 0 Å². The topological polar surface area (TPSA) is 64.8 Å². The molecular weight excluding hydrogens is 322 g/mol. The minimum absolute atomic E-state index is 0.197. The van der Waals surface area contributed by atoms with Crippen LogP contribution in [0, 0.1) is 21.7 Å². The zero-order valence-corrected chi connectivity index (χ0v) is 12.8. The molecule has 0 unspecified atom stereocenters. The Morgan fingerprint density at radius 1 is 1.33 bits per heavy atom. The molecule has 0 aromatic heterocycles. The molecule has 24 heavy (non-hydrogen) atoms. The minimum atomic E-state index is -0.964. The maximum atomic E-state index is 13.7. The monoisotopic (exact) mass is 336 g/mol. The molecular formula is C16H14F2N2O4. The molecule has 0 aliphatic carbocycles. The number of fused-ring (bicyclic) bond motifs is 1. The highest BCUT2D eigenvalue weighted by atomic mass is 19.1. The normalized spacial score (nSPS) is 13.2. The molecule has 0 radical (unpaired) electrons. The molecule has 0 fully saturated rings. The Morgan fingerprint density at radius 2 is 2.12 bits per heavy atom. The van der Waals surface area contributed by atoms with Crippen molar-refractivity contribution >= 4 is 11.4 Å². The number of hydrogen-bond acceptors (Lipinski definition) is 5. The van der Waals surface area contributed by atoms with Gasteiger partial charge in [0.2, 0.25) is 5.82 Å². The lowest BCUT2D eigenvalue weighted by Crippen LogP contribution is -2.32. The Bertz CT molecular complexity index is 798. The molecule has 2 aromatic carbocycles. The number of halogens is 2. The van der Waals surface area contributed by atoms with Gasteiger partial charge in [-0.25, -0.2) is 4.39 Å².